The van der Waals surface area contributed by atoms with Gasteiger partial charge in [-0.05, 0) is 25.7 Å². The van der Waals surface area contributed by atoms with E-state index in [2.05, 4.69) is 5.43 Å². The topological polar surface area (TPSA) is 67.6 Å². The van der Waals surface area contributed by atoms with Crippen LogP contribution < -0.4 is 11.3 Å². The van der Waals surface area contributed by atoms with E-state index in [1.807, 2.05) is 0 Å². The molecule has 1 heterocycles. The van der Waals surface area contributed by atoms with Gasteiger partial charge in [0.1, 0.15) is 0 Å². The number of amides is 1. The van der Waals surface area contributed by atoms with Gasteiger partial charge in [0, 0.05) is 19.1 Å². The lowest BCUT2D eigenvalue weighted by Gasteiger charge is -2.34. The first-order valence-electron chi connectivity index (χ1n) is 5.07. The molecule has 1 unspecified atom stereocenters. The molecule has 5 heteroatoms. The number of nitrogens with zero attached hydrogens (tertiary/aromatic N) is 1. The van der Waals surface area contributed by atoms with E-state index in [0.29, 0.717) is 0 Å². The first-order chi connectivity index (χ1) is 6.79. The van der Waals surface area contributed by atoms with Crippen LogP contribution in [0.2, 0.25) is 0 Å². The van der Waals surface area contributed by atoms with Gasteiger partial charge in [0.25, 0.3) is 0 Å². The molecule has 1 saturated heterocycles. The van der Waals surface area contributed by atoms with Crippen LogP contribution in [0.3, 0.4) is 0 Å². The van der Waals surface area contributed by atoms with Crippen LogP contribution in [0.4, 0.5) is 4.79 Å². The molecule has 14 heavy (non-hydrogen) atoms. The highest BCUT2D eigenvalue weighted by atomic mass is 16.5. The Labute approximate surface area is 84.5 Å². The molecule has 0 aromatic heterocycles. The summed E-state index contributed by atoms with van der Waals surface area (Å²) in [6.45, 7) is 1.54. The molecular formula is C9H19N3O2. The Hall–Kier alpha value is -0.810. The number of carbonyl (C=O) groups is 1. The average Bonchev–Trinajstić information content (AvgIpc) is 2.25. The smallest absolute Gasteiger partial charge is 0.409 e. The monoisotopic (exact) mass is 201 g/mol. The standard InChI is InChI=1S/C9H19N3O2/c1-14-9(13)12-7-3-2-4-8(12)5-6-11-10/h8,11H,2-7,10H2,1H3. The molecule has 0 aromatic carbocycles. The van der Waals surface area contributed by atoms with E-state index in [1.165, 1.54) is 13.5 Å². The number of methoxy groups -OCH3 is 1. The normalized spacial score (nSPS) is 22.1. The number of hydrazine groups is 1. The first kappa shape index (κ1) is 11.3. The largest absolute Gasteiger partial charge is 0.453 e. The van der Waals surface area contributed by atoms with Gasteiger partial charge >= 0.3 is 6.09 Å². The maximum absolute atomic E-state index is 11.4. The Morgan fingerprint density at radius 3 is 3.07 bits per heavy atom. The van der Waals surface area contributed by atoms with Gasteiger partial charge in [-0.15, -0.1) is 0 Å². The number of ether oxygens (including phenoxy) is 1. The van der Waals surface area contributed by atoms with Gasteiger partial charge in [-0.25, -0.2) is 4.79 Å². The predicted molar refractivity (Wildman–Crippen MR) is 53.6 cm³/mol. The van der Waals surface area contributed by atoms with Crippen molar-refractivity contribution in [3.05, 3.63) is 0 Å². The summed E-state index contributed by atoms with van der Waals surface area (Å²) in [6, 6.07) is 0.284. The van der Waals surface area contributed by atoms with Gasteiger partial charge < -0.3 is 9.64 Å². The lowest BCUT2D eigenvalue weighted by Crippen LogP contribution is -2.45. The van der Waals surface area contributed by atoms with Crippen molar-refractivity contribution >= 4 is 6.09 Å². The van der Waals surface area contributed by atoms with Crippen LogP contribution in [0.25, 0.3) is 0 Å². The maximum atomic E-state index is 11.4. The first-order valence-corrected chi connectivity index (χ1v) is 5.07. The van der Waals surface area contributed by atoms with Gasteiger partial charge in [0.15, 0.2) is 0 Å². The fraction of sp³-hybridized carbons (Fsp3) is 0.889. The molecule has 1 aliphatic heterocycles. The maximum Gasteiger partial charge on any atom is 0.409 e. The van der Waals surface area contributed by atoms with E-state index in [0.717, 1.165) is 32.4 Å². The highest BCUT2D eigenvalue weighted by molar-refractivity contribution is 5.67. The summed E-state index contributed by atoms with van der Waals surface area (Å²) in [5.74, 6) is 5.22. The van der Waals surface area contributed by atoms with Crippen molar-refractivity contribution in [1.82, 2.24) is 10.3 Å². The second-order valence-electron chi connectivity index (χ2n) is 3.56. The Kier molecular flexibility index (Phi) is 4.69. The van der Waals surface area contributed by atoms with Crippen molar-refractivity contribution in [2.45, 2.75) is 31.7 Å². The summed E-state index contributed by atoms with van der Waals surface area (Å²) in [5.41, 5.74) is 2.61. The molecule has 1 atom stereocenters. The number of hydrogen-bond donors (Lipinski definition) is 2. The van der Waals surface area contributed by atoms with Crippen molar-refractivity contribution in [3.8, 4) is 0 Å². The van der Waals surface area contributed by atoms with Crippen LogP contribution in [0.5, 0.6) is 0 Å². The molecule has 1 fully saturated rings. The molecule has 5 nitrogen and oxygen atoms in total. The second-order valence-corrected chi connectivity index (χ2v) is 3.56. The second kappa shape index (κ2) is 5.82. The Bertz CT molecular complexity index is 187. The molecule has 82 valence electrons. The zero-order valence-corrected chi connectivity index (χ0v) is 8.66. The summed E-state index contributed by atoms with van der Waals surface area (Å²) in [7, 11) is 1.43. The number of nitrogens with one attached hydrogen (secondary N) is 1. The van der Waals surface area contributed by atoms with Crippen LogP contribution in [0.15, 0.2) is 0 Å². The van der Waals surface area contributed by atoms with Gasteiger partial charge in [-0.2, -0.15) is 0 Å². The number of piperidine rings is 1. The zero-order valence-electron chi connectivity index (χ0n) is 8.66. The molecule has 1 aliphatic rings. The van der Waals surface area contributed by atoms with Gasteiger partial charge in [-0.3, -0.25) is 11.3 Å². The highest BCUT2D eigenvalue weighted by Gasteiger charge is 2.26. The molecule has 0 aromatic rings. The number of carbonyl (C=O) groups excluding carboxylic acids is 1. The Balaban J connectivity index is 2.45. The molecule has 1 rings (SSSR count). The van der Waals surface area contributed by atoms with Gasteiger partial charge in [0.2, 0.25) is 0 Å². The molecule has 1 amide bonds. The lowest BCUT2D eigenvalue weighted by molar-refractivity contribution is 0.0869. The summed E-state index contributed by atoms with van der Waals surface area (Å²) in [5, 5.41) is 0. The van der Waals surface area contributed by atoms with Crippen LogP contribution in [0, 0.1) is 0 Å². The van der Waals surface area contributed by atoms with E-state index in [9.17, 15) is 4.79 Å². The number of nitrogens with two attached hydrogens (primary N) is 1. The highest BCUT2D eigenvalue weighted by Crippen LogP contribution is 2.19. The minimum atomic E-state index is -0.216. The quantitative estimate of drug-likeness (QED) is 0.514. The summed E-state index contributed by atoms with van der Waals surface area (Å²) >= 11 is 0. The molecule has 0 saturated carbocycles. The third-order valence-corrected chi connectivity index (χ3v) is 2.66. The summed E-state index contributed by atoms with van der Waals surface area (Å²) in [6.07, 6.45) is 3.99. The molecular weight excluding hydrogens is 182 g/mol. The average molecular weight is 201 g/mol. The minimum Gasteiger partial charge on any atom is -0.453 e. The molecule has 0 bridgehead atoms. The van der Waals surface area contributed by atoms with E-state index >= 15 is 0 Å². The van der Waals surface area contributed by atoms with E-state index < -0.39 is 0 Å². The van der Waals surface area contributed by atoms with E-state index in [4.69, 9.17) is 10.6 Å². The molecule has 0 aliphatic carbocycles. The number of hydrogen-bond acceptors (Lipinski definition) is 4. The van der Waals surface area contributed by atoms with Crippen molar-refractivity contribution in [3.63, 3.8) is 0 Å². The van der Waals surface area contributed by atoms with Crippen LogP contribution in [-0.2, 0) is 4.74 Å². The van der Waals surface area contributed by atoms with Crippen LogP contribution >= 0.6 is 0 Å². The number of likely N-dealkylation sites (tertiary alicyclic amines) is 1. The number of rotatable bonds is 3. The van der Waals surface area contributed by atoms with E-state index in [1.54, 1.807) is 4.90 Å². The predicted octanol–water partition coefficient (Wildman–Crippen LogP) is 0.461. The van der Waals surface area contributed by atoms with Gasteiger partial charge in [-0.1, -0.05) is 0 Å². The fourth-order valence-electron chi connectivity index (χ4n) is 1.91. The van der Waals surface area contributed by atoms with Crippen molar-refractivity contribution in [2.75, 3.05) is 20.2 Å². The minimum absolute atomic E-state index is 0.216. The van der Waals surface area contributed by atoms with E-state index in [-0.39, 0.29) is 12.1 Å². The third-order valence-electron chi connectivity index (χ3n) is 2.66. The fourth-order valence-corrected chi connectivity index (χ4v) is 1.91. The van der Waals surface area contributed by atoms with Gasteiger partial charge in [0.05, 0.1) is 7.11 Å². The third kappa shape index (κ3) is 2.85. The van der Waals surface area contributed by atoms with Crippen LogP contribution in [0.1, 0.15) is 25.7 Å². The summed E-state index contributed by atoms with van der Waals surface area (Å²) in [4.78, 5) is 13.2. The lowest BCUT2D eigenvalue weighted by atomic mass is 10.00. The summed E-state index contributed by atoms with van der Waals surface area (Å²) < 4.78 is 4.74. The van der Waals surface area contributed by atoms with Crippen molar-refractivity contribution in [1.29, 1.82) is 0 Å². The van der Waals surface area contributed by atoms with Crippen molar-refractivity contribution in [2.24, 2.45) is 5.84 Å². The molecule has 0 radical (unpaired) electrons. The van der Waals surface area contributed by atoms with Crippen molar-refractivity contribution < 1.29 is 9.53 Å². The molecule has 3 N–H and O–H groups in total. The zero-order chi connectivity index (χ0) is 10.4. The SMILES string of the molecule is COC(=O)N1CCCCC1CCNN. The molecule has 0 spiro atoms. The Morgan fingerprint density at radius 2 is 2.43 bits per heavy atom. The van der Waals surface area contributed by atoms with Crippen LogP contribution in [-0.4, -0.2) is 37.2 Å². The Morgan fingerprint density at radius 1 is 1.64 bits per heavy atom.